The predicted molar refractivity (Wildman–Crippen MR) is 97.2 cm³/mol. The minimum atomic E-state index is 0.392. The van der Waals surface area contributed by atoms with Gasteiger partial charge in [-0.2, -0.15) is 5.10 Å². The second kappa shape index (κ2) is 7.41. The van der Waals surface area contributed by atoms with E-state index in [1.807, 2.05) is 41.9 Å². The summed E-state index contributed by atoms with van der Waals surface area (Å²) >= 11 is 0. The molecule has 3 rings (SSSR count). The minimum absolute atomic E-state index is 0.392. The van der Waals surface area contributed by atoms with Crippen molar-refractivity contribution in [2.45, 2.75) is 39.8 Å². The molecular formula is C20H24N4. The molecule has 0 saturated heterocycles. The Bertz CT molecular complexity index is 790. The Labute approximate surface area is 143 Å². The van der Waals surface area contributed by atoms with Crippen molar-refractivity contribution in [2.24, 2.45) is 0 Å². The van der Waals surface area contributed by atoms with E-state index in [1.54, 1.807) is 0 Å². The highest BCUT2D eigenvalue weighted by Crippen LogP contribution is 2.20. The predicted octanol–water partition coefficient (Wildman–Crippen LogP) is 3.99. The summed E-state index contributed by atoms with van der Waals surface area (Å²) in [6, 6.07) is 16.4. The van der Waals surface area contributed by atoms with Crippen LogP contribution in [0.4, 0.5) is 0 Å². The lowest BCUT2D eigenvalue weighted by Crippen LogP contribution is -2.14. The average Bonchev–Trinajstić information content (AvgIpc) is 3.00. The van der Waals surface area contributed by atoms with Crippen molar-refractivity contribution in [3.05, 3.63) is 77.4 Å². The number of aryl methyl sites for hydroxylation is 1. The molecule has 0 aliphatic rings. The summed E-state index contributed by atoms with van der Waals surface area (Å²) in [4.78, 5) is 4.53. The summed E-state index contributed by atoms with van der Waals surface area (Å²) in [6.45, 7) is 7.93. The zero-order valence-corrected chi connectivity index (χ0v) is 14.5. The van der Waals surface area contributed by atoms with Crippen LogP contribution >= 0.6 is 0 Å². The van der Waals surface area contributed by atoms with Crippen LogP contribution in [-0.4, -0.2) is 14.8 Å². The van der Waals surface area contributed by atoms with Crippen molar-refractivity contribution in [2.75, 3.05) is 0 Å². The minimum Gasteiger partial charge on any atom is -0.307 e. The molecule has 0 spiro atoms. The highest BCUT2D eigenvalue weighted by atomic mass is 15.3. The molecule has 1 N–H and O–H groups in total. The summed E-state index contributed by atoms with van der Waals surface area (Å²) in [5.74, 6) is 0.392. The molecule has 0 bridgehead atoms. The number of aromatic nitrogens is 3. The van der Waals surface area contributed by atoms with E-state index in [-0.39, 0.29) is 0 Å². The first-order chi connectivity index (χ1) is 11.6. The number of nitrogens with zero attached hydrogens (tertiary/aromatic N) is 3. The molecule has 2 heterocycles. The zero-order chi connectivity index (χ0) is 16.9. The summed E-state index contributed by atoms with van der Waals surface area (Å²) in [6.07, 6.45) is 2.13. The average molecular weight is 320 g/mol. The smallest absolute Gasteiger partial charge is 0.0699 e. The van der Waals surface area contributed by atoms with E-state index in [0.717, 1.165) is 35.9 Å². The van der Waals surface area contributed by atoms with Gasteiger partial charge in [0.2, 0.25) is 0 Å². The largest absolute Gasteiger partial charge is 0.307 e. The summed E-state index contributed by atoms with van der Waals surface area (Å²) < 4.78 is 1.97. The quantitative estimate of drug-likeness (QED) is 0.747. The number of benzene rings is 1. The van der Waals surface area contributed by atoms with Gasteiger partial charge < -0.3 is 5.32 Å². The van der Waals surface area contributed by atoms with E-state index in [1.165, 1.54) is 5.56 Å². The Kier molecular flexibility index (Phi) is 5.06. The van der Waals surface area contributed by atoms with Gasteiger partial charge >= 0.3 is 0 Å². The van der Waals surface area contributed by atoms with Crippen molar-refractivity contribution >= 4 is 0 Å². The fourth-order valence-electron chi connectivity index (χ4n) is 2.78. The normalized spacial score (nSPS) is 11.2. The van der Waals surface area contributed by atoms with Gasteiger partial charge in [-0.15, -0.1) is 0 Å². The van der Waals surface area contributed by atoms with Crippen molar-refractivity contribution in [1.82, 2.24) is 20.1 Å². The van der Waals surface area contributed by atoms with E-state index in [0.29, 0.717) is 5.92 Å². The van der Waals surface area contributed by atoms with Crippen molar-refractivity contribution in [1.29, 1.82) is 0 Å². The van der Waals surface area contributed by atoms with Gasteiger partial charge in [-0.05, 0) is 37.1 Å². The number of para-hydroxylation sites is 1. The standard InChI is InChI=1S/C20H24N4/c1-15(2)20-17(12-21-13-18-9-7-8-16(3)22-18)14-24(23-20)19-10-5-4-6-11-19/h4-11,14-15,21H,12-13H2,1-3H3. The molecule has 0 atom stereocenters. The maximum atomic E-state index is 4.78. The van der Waals surface area contributed by atoms with Crippen LogP contribution in [0, 0.1) is 6.92 Å². The second-order valence-corrected chi connectivity index (χ2v) is 6.35. The topological polar surface area (TPSA) is 42.7 Å². The molecule has 0 aliphatic heterocycles. The first-order valence-corrected chi connectivity index (χ1v) is 8.40. The number of hydrogen-bond acceptors (Lipinski definition) is 3. The fourth-order valence-corrected chi connectivity index (χ4v) is 2.78. The lowest BCUT2D eigenvalue weighted by atomic mass is 10.1. The molecule has 2 aromatic heterocycles. The number of rotatable bonds is 6. The molecule has 4 nitrogen and oxygen atoms in total. The molecule has 1 aromatic carbocycles. The van der Waals surface area contributed by atoms with Crippen LogP contribution in [0.1, 0.15) is 42.4 Å². The van der Waals surface area contributed by atoms with E-state index < -0.39 is 0 Å². The fraction of sp³-hybridized carbons (Fsp3) is 0.300. The lowest BCUT2D eigenvalue weighted by Gasteiger charge is -2.07. The van der Waals surface area contributed by atoms with Crippen molar-refractivity contribution < 1.29 is 0 Å². The van der Waals surface area contributed by atoms with Gasteiger partial charge in [0.25, 0.3) is 0 Å². The van der Waals surface area contributed by atoms with Gasteiger partial charge in [0.15, 0.2) is 0 Å². The van der Waals surface area contributed by atoms with E-state index in [2.05, 4.69) is 48.5 Å². The maximum absolute atomic E-state index is 4.78. The molecule has 0 saturated carbocycles. The molecule has 4 heteroatoms. The van der Waals surface area contributed by atoms with Gasteiger partial charge in [-0.25, -0.2) is 4.68 Å². The molecule has 3 aromatic rings. The Morgan fingerprint density at radius 2 is 1.79 bits per heavy atom. The number of pyridine rings is 1. The Morgan fingerprint density at radius 1 is 1.00 bits per heavy atom. The van der Waals surface area contributed by atoms with Gasteiger partial charge in [0.1, 0.15) is 0 Å². The Morgan fingerprint density at radius 3 is 2.50 bits per heavy atom. The van der Waals surface area contributed by atoms with Crippen LogP contribution in [0.25, 0.3) is 5.69 Å². The lowest BCUT2D eigenvalue weighted by molar-refractivity contribution is 0.666. The van der Waals surface area contributed by atoms with Crippen molar-refractivity contribution in [3.8, 4) is 5.69 Å². The van der Waals surface area contributed by atoms with E-state index >= 15 is 0 Å². The highest BCUT2D eigenvalue weighted by molar-refractivity contribution is 5.33. The van der Waals surface area contributed by atoms with Gasteiger partial charge in [0.05, 0.1) is 17.1 Å². The number of nitrogens with one attached hydrogen (secondary N) is 1. The molecule has 24 heavy (non-hydrogen) atoms. The molecule has 0 unspecified atom stereocenters. The molecular weight excluding hydrogens is 296 g/mol. The molecule has 0 aliphatic carbocycles. The third kappa shape index (κ3) is 3.89. The first kappa shape index (κ1) is 16.4. The monoisotopic (exact) mass is 320 g/mol. The molecule has 0 fully saturated rings. The van der Waals surface area contributed by atoms with Crippen LogP contribution in [0.15, 0.2) is 54.7 Å². The number of hydrogen-bond donors (Lipinski definition) is 1. The third-order valence-corrected chi connectivity index (χ3v) is 3.96. The van der Waals surface area contributed by atoms with Gasteiger partial charge in [0, 0.05) is 30.5 Å². The van der Waals surface area contributed by atoms with Gasteiger partial charge in [-0.1, -0.05) is 38.1 Å². The molecule has 0 radical (unpaired) electrons. The van der Waals surface area contributed by atoms with Crippen LogP contribution in [0.3, 0.4) is 0 Å². The SMILES string of the molecule is Cc1cccc(CNCc2cn(-c3ccccc3)nc2C(C)C)n1. The van der Waals surface area contributed by atoms with E-state index in [9.17, 15) is 0 Å². The Balaban J connectivity index is 1.73. The van der Waals surface area contributed by atoms with Crippen molar-refractivity contribution in [3.63, 3.8) is 0 Å². The van der Waals surface area contributed by atoms with Crippen LogP contribution < -0.4 is 5.32 Å². The first-order valence-electron chi connectivity index (χ1n) is 8.40. The van der Waals surface area contributed by atoms with Crippen LogP contribution in [-0.2, 0) is 13.1 Å². The second-order valence-electron chi connectivity index (χ2n) is 6.35. The third-order valence-electron chi connectivity index (χ3n) is 3.96. The molecule has 0 amide bonds. The van der Waals surface area contributed by atoms with Crippen LogP contribution in [0.5, 0.6) is 0 Å². The summed E-state index contributed by atoms with van der Waals surface area (Å²) in [5, 5.41) is 8.27. The molecule has 124 valence electrons. The summed E-state index contributed by atoms with van der Waals surface area (Å²) in [5.41, 5.74) is 5.58. The maximum Gasteiger partial charge on any atom is 0.0699 e. The zero-order valence-electron chi connectivity index (χ0n) is 14.5. The van der Waals surface area contributed by atoms with E-state index in [4.69, 9.17) is 5.10 Å². The van der Waals surface area contributed by atoms with Gasteiger partial charge in [-0.3, -0.25) is 4.98 Å². The summed E-state index contributed by atoms with van der Waals surface area (Å²) in [7, 11) is 0. The van der Waals surface area contributed by atoms with Crippen LogP contribution in [0.2, 0.25) is 0 Å². The highest BCUT2D eigenvalue weighted by Gasteiger charge is 2.13. The Hall–Kier alpha value is -2.46.